The number of carboxylic acid groups (broad SMARTS) is 2. The third kappa shape index (κ3) is 8.80. The van der Waals surface area contributed by atoms with Gasteiger partial charge < -0.3 is 20.4 Å². The number of imidazole rings is 1. The SMILES string of the molecule is CC(N=[N+]=[N-])c1cc(Br)c2cncn2c1N1CCNCC1.O=C(O)C(F)(F)F.O=C(O)C(F)(F)F. The molecule has 2 aromatic heterocycles. The number of nitrogens with zero attached hydrogens (tertiary/aromatic N) is 6. The lowest BCUT2D eigenvalue weighted by Crippen LogP contribution is -2.44. The van der Waals surface area contributed by atoms with Crippen molar-refractivity contribution >= 4 is 39.2 Å². The molecule has 35 heavy (non-hydrogen) atoms. The van der Waals surface area contributed by atoms with E-state index < -0.39 is 24.3 Å². The number of aromatic nitrogens is 2. The number of alkyl halides is 6. The first-order valence-electron chi connectivity index (χ1n) is 9.35. The monoisotopic (exact) mass is 577 g/mol. The zero-order valence-electron chi connectivity index (χ0n) is 17.7. The van der Waals surface area contributed by atoms with E-state index >= 15 is 0 Å². The van der Waals surface area contributed by atoms with Gasteiger partial charge >= 0.3 is 24.3 Å². The van der Waals surface area contributed by atoms with E-state index in [1.165, 1.54) is 0 Å². The molecule has 1 aliphatic heterocycles. The Morgan fingerprint density at radius 2 is 1.66 bits per heavy atom. The molecular formula is C17H18BrF6N7O4. The van der Waals surface area contributed by atoms with Gasteiger partial charge in [0.1, 0.15) is 12.1 Å². The molecule has 1 aliphatic rings. The van der Waals surface area contributed by atoms with Gasteiger partial charge in [-0.25, -0.2) is 14.6 Å². The van der Waals surface area contributed by atoms with Crippen LogP contribution in [0.3, 0.4) is 0 Å². The second-order valence-electron chi connectivity index (χ2n) is 6.64. The lowest BCUT2D eigenvalue weighted by molar-refractivity contribution is -0.193. The molecule has 0 saturated carbocycles. The van der Waals surface area contributed by atoms with Crippen LogP contribution in [0.25, 0.3) is 16.0 Å². The van der Waals surface area contributed by atoms with E-state index in [0.29, 0.717) is 0 Å². The highest BCUT2D eigenvalue weighted by Gasteiger charge is 2.38. The van der Waals surface area contributed by atoms with E-state index in [0.717, 1.165) is 47.5 Å². The summed E-state index contributed by atoms with van der Waals surface area (Å²) in [5.41, 5.74) is 10.8. The number of anilines is 1. The third-order valence-electron chi connectivity index (χ3n) is 4.23. The van der Waals surface area contributed by atoms with Crippen LogP contribution in [0.15, 0.2) is 28.2 Å². The molecule has 3 heterocycles. The summed E-state index contributed by atoms with van der Waals surface area (Å²) in [5.74, 6) is -4.45. The number of halogens is 7. The number of rotatable bonds is 3. The molecule has 11 nitrogen and oxygen atoms in total. The van der Waals surface area contributed by atoms with E-state index in [9.17, 15) is 26.3 Å². The molecule has 0 radical (unpaired) electrons. The summed E-state index contributed by atoms with van der Waals surface area (Å²) in [5, 5.41) is 21.5. The van der Waals surface area contributed by atoms with Crippen LogP contribution in [0.4, 0.5) is 32.2 Å². The highest BCUT2D eigenvalue weighted by atomic mass is 79.9. The van der Waals surface area contributed by atoms with Crippen molar-refractivity contribution in [3.05, 3.63) is 39.1 Å². The normalized spacial score (nSPS) is 14.6. The third-order valence-corrected chi connectivity index (χ3v) is 4.86. The highest BCUT2D eigenvalue weighted by molar-refractivity contribution is 9.10. The summed E-state index contributed by atoms with van der Waals surface area (Å²) in [6, 6.07) is 1.80. The largest absolute Gasteiger partial charge is 0.490 e. The minimum atomic E-state index is -5.08. The van der Waals surface area contributed by atoms with E-state index in [1.807, 2.05) is 25.5 Å². The Labute approximate surface area is 201 Å². The minimum absolute atomic E-state index is 0.233. The standard InChI is InChI=1S/C13H16BrN7.2C2HF3O2/c1-9(18-19-15)10-6-11(14)12-7-17-8-21(12)13(10)20-4-2-16-3-5-20;2*3-2(4,5)1(6)7/h6-9,16H,2-5H2,1H3;2*(H,6,7). The summed E-state index contributed by atoms with van der Waals surface area (Å²) in [6.07, 6.45) is -6.53. The van der Waals surface area contributed by atoms with Crippen LogP contribution in [0.1, 0.15) is 18.5 Å². The fourth-order valence-corrected chi connectivity index (χ4v) is 3.25. The van der Waals surface area contributed by atoms with Crippen molar-refractivity contribution in [2.75, 3.05) is 31.1 Å². The van der Waals surface area contributed by atoms with Gasteiger partial charge in [0.2, 0.25) is 0 Å². The zero-order chi connectivity index (χ0) is 27.0. The fraction of sp³-hybridized carbons (Fsp3) is 0.471. The predicted octanol–water partition coefficient (Wildman–Crippen LogP) is 4.14. The first kappa shape index (κ1) is 29.8. The molecule has 0 spiro atoms. The minimum Gasteiger partial charge on any atom is -0.475 e. The van der Waals surface area contributed by atoms with Gasteiger partial charge in [0, 0.05) is 41.1 Å². The van der Waals surface area contributed by atoms with E-state index in [4.69, 9.17) is 25.3 Å². The smallest absolute Gasteiger partial charge is 0.475 e. The molecule has 0 bridgehead atoms. The van der Waals surface area contributed by atoms with Gasteiger partial charge in [-0.05, 0) is 27.5 Å². The van der Waals surface area contributed by atoms with E-state index in [1.54, 1.807) is 0 Å². The van der Waals surface area contributed by atoms with Gasteiger partial charge in [-0.15, -0.1) is 0 Å². The summed E-state index contributed by atoms with van der Waals surface area (Å²) in [4.78, 5) is 27.3. The molecule has 1 fully saturated rings. The first-order valence-corrected chi connectivity index (χ1v) is 10.1. The number of fused-ring (bicyclic) bond motifs is 1. The number of nitrogens with one attached hydrogen (secondary N) is 1. The van der Waals surface area contributed by atoms with Crippen molar-refractivity contribution in [3.8, 4) is 0 Å². The van der Waals surface area contributed by atoms with Crippen LogP contribution < -0.4 is 10.2 Å². The predicted molar refractivity (Wildman–Crippen MR) is 113 cm³/mol. The van der Waals surface area contributed by atoms with Crippen molar-refractivity contribution in [1.29, 1.82) is 0 Å². The molecule has 1 atom stereocenters. The Bertz CT molecular complexity index is 1060. The van der Waals surface area contributed by atoms with Gasteiger partial charge in [0.15, 0.2) is 0 Å². The molecule has 0 aromatic carbocycles. The number of hydrogen-bond acceptors (Lipinski definition) is 6. The fourth-order valence-electron chi connectivity index (χ4n) is 2.71. The Morgan fingerprint density at radius 1 is 1.17 bits per heavy atom. The van der Waals surface area contributed by atoms with E-state index in [-0.39, 0.29) is 6.04 Å². The molecule has 0 amide bonds. The number of pyridine rings is 1. The maximum Gasteiger partial charge on any atom is 0.490 e. The van der Waals surface area contributed by atoms with Gasteiger partial charge in [0.25, 0.3) is 0 Å². The average molecular weight is 578 g/mol. The lowest BCUT2D eigenvalue weighted by Gasteiger charge is -2.32. The number of piperazine rings is 1. The highest BCUT2D eigenvalue weighted by Crippen LogP contribution is 2.34. The molecule has 1 saturated heterocycles. The second kappa shape index (κ2) is 12.5. The topological polar surface area (TPSA) is 156 Å². The summed E-state index contributed by atoms with van der Waals surface area (Å²) < 4.78 is 66.5. The molecule has 3 rings (SSSR count). The molecule has 0 aliphatic carbocycles. The number of hydrogen-bond donors (Lipinski definition) is 3. The van der Waals surface area contributed by atoms with Gasteiger partial charge in [-0.1, -0.05) is 12.0 Å². The lowest BCUT2D eigenvalue weighted by atomic mass is 10.1. The van der Waals surface area contributed by atoms with Crippen LogP contribution in [-0.2, 0) is 9.59 Å². The van der Waals surface area contributed by atoms with Crippen molar-refractivity contribution in [2.45, 2.75) is 25.3 Å². The molecule has 1 unspecified atom stereocenters. The Balaban J connectivity index is 0.000000362. The maximum absolute atomic E-state index is 10.6. The zero-order valence-corrected chi connectivity index (χ0v) is 19.3. The summed E-state index contributed by atoms with van der Waals surface area (Å²) >= 11 is 3.58. The van der Waals surface area contributed by atoms with Crippen LogP contribution in [0.5, 0.6) is 0 Å². The number of carboxylic acids is 2. The Morgan fingerprint density at radius 3 is 2.09 bits per heavy atom. The van der Waals surface area contributed by atoms with Crippen LogP contribution in [0.2, 0.25) is 0 Å². The Kier molecular flexibility index (Phi) is 10.6. The quantitative estimate of drug-likeness (QED) is 0.214. The number of azide groups is 1. The molecule has 2 aromatic rings. The number of carbonyl (C=O) groups is 2. The van der Waals surface area contributed by atoms with Gasteiger partial charge in [0.05, 0.1) is 17.8 Å². The maximum atomic E-state index is 10.6. The van der Waals surface area contributed by atoms with Crippen LogP contribution >= 0.6 is 15.9 Å². The van der Waals surface area contributed by atoms with E-state index in [2.05, 4.69) is 45.6 Å². The van der Waals surface area contributed by atoms with Crippen molar-refractivity contribution in [3.63, 3.8) is 0 Å². The molecule has 3 N–H and O–H groups in total. The number of aliphatic carboxylic acids is 2. The van der Waals surface area contributed by atoms with Crippen molar-refractivity contribution < 1.29 is 46.1 Å². The van der Waals surface area contributed by atoms with Gasteiger partial charge in [-0.3, -0.25) is 4.40 Å². The van der Waals surface area contributed by atoms with Crippen LogP contribution in [-0.4, -0.2) is 70.1 Å². The average Bonchev–Trinajstić information content (AvgIpc) is 3.24. The van der Waals surface area contributed by atoms with Gasteiger partial charge in [-0.2, -0.15) is 26.3 Å². The molecular weight excluding hydrogens is 560 g/mol. The second-order valence-corrected chi connectivity index (χ2v) is 7.50. The summed E-state index contributed by atoms with van der Waals surface area (Å²) in [7, 11) is 0. The molecule has 194 valence electrons. The van der Waals surface area contributed by atoms with Crippen LogP contribution in [0, 0.1) is 0 Å². The van der Waals surface area contributed by atoms with Crippen molar-refractivity contribution in [2.24, 2.45) is 5.11 Å². The van der Waals surface area contributed by atoms with Crippen molar-refractivity contribution in [1.82, 2.24) is 14.7 Å². The Hall–Kier alpha value is -3.24. The molecule has 18 heteroatoms. The summed E-state index contributed by atoms with van der Waals surface area (Å²) in [6.45, 7) is 5.65. The first-order chi connectivity index (χ1) is 16.1.